The Morgan fingerprint density at radius 1 is 1.15 bits per heavy atom. The van der Waals surface area contributed by atoms with Crippen LogP contribution < -0.4 is 20.9 Å². The first-order valence-electron chi connectivity index (χ1n) is 13.4. The van der Waals surface area contributed by atoms with E-state index in [0.717, 1.165) is 61.5 Å². The van der Waals surface area contributed by atoms with Crippen molar-refractivity contribution in [3.05, 3.63) is 35.6 Å². The summed E-state index contributed by atoms with van der Waals surface area (Å²) in [5, 5.41) is 16.6. The van der Waals surface area contributed by atoms with Gasteiger partial charge in [-0.25, -0.2) is 15.0 Å². The third-order valence-corrected chi connectivity index (χ3v) is 7.95. The first-order chi connectivity index (χ1) is 19.1. The Morgan fingerprint density at radius 3 is 2.65 bits per heavy atom. The quantitative estimate of drug-likeness (QED) is 0.412. The van der Waals surface area contributed by atoms with Crippen LogP contribution in [0.2, 0.25) is 0 Å². The maximum atomic E-state index is 13.1. The number of halogens is 3. The Kier molecular flexibility index (Phi) is 6.59. The normalized spacial score (nSPS) is 21.0. The summed E-state index contributed by atoms with van der Waals surface area (Å²) in [6, 6.07) is 3.78. The molecule has 0 spiro atoms. The predicted octanol–water partition coefficient (Wildman–Crippen LogP) is 3.72. The number of carbonyl (C=O) groups is 1. The first-order valence-corrected chi connectivity index (χ1v) is 13.4. The van der Waals surface area contributed by atoms with Crippen molar-refractivity contribution in [2.24, 2.45) is 0 Å². The number of carbonyl (C=O) groups excluding carboxylic acids is 1. The molecule has 6 heterocycles. The molecule has 14 heteroatoms. The highest BCUT2D eigenvalue weighted by molar-refractivity contribution is 6.06. The molecule has 1 atom stereocenters. The molecular formula is C26H30F3N9O2. The molecule has 3 N–H and O–H groups in total. The Morgan fingerprint density at radius 2 is 1.95 bits per heavy atom. The van der Waals surface area contributed by atoms with Gasteiger partial charge in [-0.2, -0.15) is 13.2 Å². The van der Waals surface area contributed by atoms with E-state index in [-0.39, 0.29) is 23.4 Å². The van der Waals surface area contributed by atoms with Gasteiger partial charge in [0, 0.05) is 31.6 Å². The van der Waals surface area contributed by atoms with Crippen LogP contribution in [0.4, 0.5) is 30.5 Å². The van der Waals surface area contributed by atoms with Crippen LogP contribution in [-0.4, -0.2) is 63.3 Å². The van der Waals surface area contributed by atoms with Gasteiger partial charge in [0.25, 0.3) is 5.89 Å². The van der Waals surface area contributed by atoms with Crippen LogP contribution in [0.15, 0.2) is 22.9 Å². The molecule has 1 amide bonds. The van der Waals surface area contributed by atoms with Crippen LogP contribution in [0.5, 0.6) is 0 Å². The van der Waals surface area contributed by atoms with Gasteiger partial charge in [0.05, 0.1) is 22.4 Å². The topological polar surface area (TPSA) is 134 Å². The molecule has 6 rings (SSSR count). The number of rotatable bonds is 6. The smallest absolute Gasteiger partial charge is 0.411 e. The number of fused-ring (bicyclic) bond motifs is 1. The Labute approximate surface area is 228 Å². The van der Waals surface area contributed by atoms with Crippen molar-refractivity contribution in [1.82, 2.24) is 30.5 Å². The molecule has 0 bridgehead atoms. The molecule has 3 aliphatic heterocycles. The second-order valence-corrected chi connectivity index (χ2v) is 11.0. The maximum Gasteiger partial charge on any atom is 0.470 e. The molecular weight excluding hydrogens is 527 g/mol. The van der Waals surface area contributed by atoms with Crippen molar-refractivity contribution in [1.29, 1.82) is 0 Å². The number of nitrogens with zero attached hydrogens (tertiary/aromatic N) is 6. The first kappa shape index (κ1) is 26.4. The summed E-state index contributed by atoms with van der Waals surface area (Å²) >= 11 is 0. The molecule has 40 heavy (non-hydrogen) atoms. The van der Waals surface area contributed by atoms with Crippen molar-refractivity contribution in [3.63, 3.8) is 0 Å². The van der Waals surface area contributed by atoms with Crippen LogP contribution in [0.3, 0.4) is 0 Å². The lowest BCUT2D eigenvalue weighted by atomic mass is 9.86. The van der Waals surface area contributed by atoms with Crippen LogP contribution in [0.1, 0.15) is 62.6 Å². The van der Waals surface area contributed by atoms with Crippen molar-refractivity contribution >= 4 is 23.2 Å². The molecule has 2 fully saturated rings. The molecule has 0 radical (unpaired) electrons. The van der Waals surface area contributed by atoms with Gasteiger partial charge in [-0.3, -0.25) is 4.79 Å². The highest BCUT2D eigenvalue weighted by atomic mass is 19.4. The Balaban J connectivity index is 1.25. The molecule has 1 unspecified atom stereocenters. The summed E-state index contributed by atoms with van der Waals surface area (Å²) in [5.74, 6) is -0.468. The Bertz CT molecular complexity index is 1410. The molecule has 2 saturated heterocycles. The lowest BCUT2D eigenvalue weighted by Crippen LogP contribution is -2.36. The zero-order valence-electron chi connectivity index (χ0n) is 22.2. The fraction of sp³-hybridized carbons (Fsp3) is 0.538. The average Bonchev–Trinajstić information content (AvgIpc) is 3.68. The minimum atomic E-state index is -4.73. The number of aromatic nitrogens is 5. The monoisotopic (exact) mass is 557 g/mol. The number of alkyl halides is 3. The molecule has 212 valence electrons. The minimum absolute atomic E-state index is 0.0305. The number of hydrogen-bond donors (Lipinski definition) is 3. The molecule has 3 aromatic heterocycles. The van der Waals surface area contributed by atoms with E-state index in [4.69, 9.17) is 9.40 Å². The van der Waals surface area contributed by atoms with Gasteiger partial charge in [-0.15, -0.1) is 10.2 Å². The van der Waals surface area contributed by atoms with Gasteiger partial charge >= 0.3 is 12.1 Å². The molecule has 0 aromatic carbocycles. The van der Waals surface area contributed by atoms with Gasteiger partial charge in [0.1, 0.15) is 23.7 Å². The van der Waals surface area contributed by atoms with Gasteiger partial charge in [-0.1, -0.05) is 0 Å². The lowest BCUT2D eigenvalue weighted by Gasteiger charge is -2.35. The fourth-order valence-electron chi connectivity index (χ4n) is 5.69. The van der Waals surface area contributed by atoms with Crippen LogP contribution in [0.25, 0.3) is 11.6 Å². The SMILES string of the molecule is CC1(C)C(=O)Nc2ncnc(N3CCC(c4nc(-c5nnc(C(F)(F)F)o5)ccc4NCC4CCCN4)CC3)c21. The summed E-state index contributed by atoms with van der Waals surface area (Å²) in [6.07, 6.45) is 0.387. The predicted molar refractivity (Wildman–Crippen MR) is 140 cm³/mol. The lowest BCUT2D eigenvalue weighted by molar-refractivity contribution is -0.157. The second kappa shape index (κ2) is 9.98. The third-order valence-electron chi connectivity index (χ3n) is 7.95. The molecule has 3 aromatic rings. The molecule has 3 aliphatic rings. The maximum absolute atomic E-state index is 13.1. The van der Waals surface area contributed by atoms with E-state index in [2.05, 4.69) is 41.0 Å². The van der Waals surface area contributed by atoms with Gasteiger partial charge in [0.2, 0.25) is 5.91 Å². The number of hydrogen-bond acceptors (Lipinski definition) is 10. The van der Waals surface area contributed by atoms with E-state index in [1.165, 1.54) is 6.33 Å². The highest BCUT2D eigenvalue weighted by Gasteiger charge is 2.43. The average molecular weight is 558 g/mol. The van der Waals surface area contributed by atoms with E-state index < -0.39 is 17.5 Å². The summed E-state index contributed by atoms with van der Waals surface area (Å²) in [5.41, 5.74) is 1.84. The molecule has 0 aliphatic carbocycles. The zero-order valence-corrected chi connectivity index (χ0v) is 22.2. The van der Waals surface area contributed by atoms with E-state index in [1.807, 2.05) is 19.9 Å². The van der Waals surface area contributed by atoms with Gasteiger partial charge in [-0.05, 0) is 58.2 Å². The van der Waals surface area contributed by atoms with Crippen molar-refractivity contribution in [2.45, 2.75) is 63.1 Å². The number of pyridine rings is 1. The van der Waals surface area contributed by atoms with Gasteiger partial charge < -0.3 is 25.3 Å². The fourth-order valence-corrected chi connectivity index (χ4v) is 5.69. The highest BCUT2D eigenvalue weighted by Crippen LogP contribution is 2.43. The largest absolute Gasteiger partial charge is 0.470 e. The van der Waals surface area contributed by atoms with Crippen molar-refractivity contribution in [2.75, 3.05) is 41.7 Å². The molecule has 11 nitrogen and oxygen atoms in total. The van der Waals surface area contributed by atoms with E-state index in [9.17, 15) is 18.0 Å². The third kappa shape index (κ3) is 4.84. The number of piperidine rings is 1. The van der Waals surface area contributed by atoms with E-state index in [1.54, 1.807) is 6.07 Å². The van der Waals surface area contributed by atoms with Crippen molar-refractivity contribution in [3.8, 4) is 11.6 Å². The zero-order chi connectivity index (χ0) is 28.1. The Hall–Kier alpha value is -3.81. The number of anilines is 3. The van der Waals surface area contributed by atoms with Crippen molar-refractivity contribution < 1.29 is 22.4 Å². The van der Waals surface area contributed by atoms with Crippen LogP contribution in [-0.2, 0) is 16.4 Å². The summed E-state index contributed by atoms with van der Waals surface area (Å²) < 4.78 is 44.1. The van der Waals surface area contributed by atoms with E-state index in [0.29, 0.717) is 24.9 Å². The van der Waals surface area contributed by atoms with Crippen LogP contribution in [0, 0.1) is 0 Å². The van der Waals surface area contributed by atoms with Crippen LogP contribution >= 0.6 is 0 Å². The van der Waals surface area contributed by atoms with E-state index >= 15 is 0 Å². The summed E-state index contributed by atoms with van der Waals surface area (Å²) in [7, 11) is 0. The van der Waals surface area contributed by atoms with Gasteiger partial charge in [0.15, 0.2) is 0 Å². The number of amides is 1. The minimum Gasteiger partial charge on any atom is -0.411 e. The summed E-state index contributed by atoms with van der Waals surface area (Å²) in [6.45, 7) is 6.75. The second-order valence-electron chi connectivity index (χ2n) is 11.0. The number of nitrogens with one attached hydrogen (secondary N) is 3. The molecule has 0 saturated carbocycles. The summed E-state index contributed by atoms with van der Waals surface area (Å²) in [4.78, 5) is 28.2. The standard InChI is InChI=1S/C26H30F3N9O2/c1-25(2)18-20(35-23(25)39)32-13-33-21(18)38-10-7-14(8-11-38)19-16(31-12-15-4-3-9-30-15)5-6-17(34-19)22-36-37-24(40-22)26(27,28)29/h5-6,13-15,30-31H,3-4,7-12H2,1-2H3,(H,32,33,35,39).